The van der Waals surface area contributed by atoms with Crippen LogP contribution in [0.25, 0.3) is 0 Å². The zero-order valence-corrected chi connectivity index (χ0v) is 9.24. The third-order valence-corrected chi connectivity index (χ3v) is 2.47. The minimum absolute atomic E-state index is 0.0807. The van der Waals surface area contributed by atoms with Crippen LogP contribution in [0.15, 0.2) is 0 Å². The van der Waals surface area contributed by atoms with Gasteiger partial charge in [-0.15, -0.1) is 6.42 Å². The molecule has 1 amide bonds. The number of hydrogen-bond acceptors (Lipinski definition) is 3. The van der Waals surface area contributed by atoms with E-state index in [-0.39, 0.29) is 12.5 Å². The number of terminal acetylenes is 1. The van der Waals surface area contributed by atoms with Crippen molar-refractivity contribution in [2.75, 3.05) is 45.9 Å². The smallest absolute Gasteiger partial charge is 0.248 e. The van der Waals surface area contributed by atoms with Gasteiger partial charge in [-0.2, -0.15) is 0 Å². The predicted octanol–water partition coefficient (Wildman–Crippen LogP) is -0.200. The molecule has 4 nitrogen and oxygen atoms in total. The number of rotatable bonds is 4. The molecule has 0 aliphatic carbocycles. The van der Waals surface area contributed by atoms with Gasteiger partial charge in [-0.1, -0.05) is 5.92 Å². The van der Waals surface area contributed by atoms with E-state index in [9.17, 15) is 4.79 Å². The number of piperazine rings is 1. The fraction of sp³-hybridized carbons (Fsp3) is 0.727. The quantitative estimate of drug-likeness (QED) is 0.602. The fourth-order valence-corrected chi connectivity index (χ4v) is 1.57. The lowest BCUT2D eigenvalue weighted by molar-refractivity contribution is -0.137. The Kier molecular flexibility index (Phi) is 5.16. The van der Waals surface area contributed by atoms with Crippen LogP contribution < -0.4 is 0 Å². The van der Waals surface area contributed by atoms with E-state index >= 15 is 0 Å². The van der Waals surface area contributed by atoms with Crippen molar-refractivity contribution in [2.45, 2.75) is 6.92 Å². The Morgan fingerprint density at radius 3 is 2.60 bits per heavy atom. The highest BCUT2D eigenvalue weighted by molar-refractivity contribution is 5.77. The molecule has 0 N–H and O–H groups in total. The van der Waals surface area contributed by atoms with Crippen molar-refractivity contribution >= 4 is 5.91 Å². The molecule has 0 aromatic carbocycles. The molecule has 4 heteroatoms. The van der Waals surface area contributed by atoms with Gasteiger partial charge in [0.1, 0.15) is 6.61 Å². The molecule has 1 saturated heterocycles. The Bertz CT molecular complexity index is 239. The molecule has 0 spiro atoms. The fourth-order valence-electron chi connectivity index (χ4n) is 1.57. The topological polar surface area (TPSA) is 32.8 Å². The largest absolute Gasteiger partial charge is 0.372 e. The number of nitrogens with zero attached hydrogens (tertiary/aromatic N) is 2. The number of carbonyl (C=O) groups excluding carboxylic acids is 1. The molecule has 0 bridgehead atoms. The molecule has 1 aliphatic heterocycles. The molecule has 1 rings (SSSR count). The monoisotopic (exact) mass is 210 g/mol. The van der Waals surface area contributed by atoms with Crippen LogP contribution in [0.5, 0.6) is 0 Å². The van der Waals surface area contributed by atoms with Crippen molar-refractivity contribution in [2.24, 2.45) is 0 Å². The maximum atomic E-state index is 11.6. The number of ether oxygens (including phenoxy) is 1. The normalized spacial score (nSPS) is 17.5. The average molecular weight is 210 g/mol. The Morgan fingerprint density at radius 2 is 2.07 bits per heavy atom. The molecule has 0 aromatic heterocycles. The van der Waals surface area contributed by atoms with E-state index < -0.39 is 0 Å². The lowest BCUT2D eigenvalue weighted by atomic mass is 10.3. The van der Waals surface area contributed by atoms with Crippen molar-refractivity contribution < 1.29 is 9.53 Å². The minimum Gasteiger partial charge on any atom is -0.372 e. The molecular weight excluding hydrogens is 192 g/mol. The summed E-state index contributed by atoms with van der Waals surface area (Å²) in [5.41, 5.74) is 0. The number of amides is 1. The summed E-state index contributed by atoms with van der Waals surface area (Å²) in [5.74, 6) is 2.69. The standard InChI is InChI=1S/C11H18N2O2/c1-3-5-12-6-8-13(9-7-12)11(14)10-15-4-2/h1H,4-10H2,2H3. The highest BCUT2D eigenvalue weighted by Gasteiger charge is 2.19. The zero-order chi connectivity index (χ0) is 11.1. The summed E-state index contributed by atoms with van der Waals surface area (Å²) < 4.78 is 5.09. The van der Waals surface area contributed by atoms with E-state index in [0.717, 1.165) is 26.2 Å². The van der Waals surface area contributed by atoms with Gasteiger partial charge in [0.2, 0.25) is 5.91 Å². The molecular formula is C11H18N2O2. The van der Waals surface area contributed by atoms with Gasteiger partial charge in [0, 0.05) is 32.8 Å². The first kappa shape index (κ1) is 12.0. The highest BCUT2D eigenvalue weighted by Crippen LogP contribution is 2.01. The van der Waals surface area contributed by atoms with Crippen LogP contribution in [0.1, 0.15) is 6.92 Å². The van der Waals surface area contributed by atoms with Gasteiger partial charge in [0.15, 0.2) is 0 Å². The maximum Gasteiger partial charge on any atom is 0.248 e. The maximum absolute atomic E-state index is 11.6. The van der Waals surface area contributed by atoms with Crippen LogP contribution >= 0.6 is 0 Å². The van der Waals surface area contributed by atoms with E-state index in [2.05, 4.69) is 10.8 Å². The van der Waals surface area contributed by atoms with Crippen LogP contribution in [-0.2, 0) is 9.53 Å². The summed E-state index contributed by atoms with van der Waals surface area (Å²) in [7, 11) is 0. The summed E-state index contributed by atoms with van der Waals surface area (Å²) in [4.78, 5) is 15.6. The molecule has 0 aromatic rings. The van der Waals surface area contributed by atoms with Crippen molar-refractivity contribution in [1.29, 1.82) is 0 Å². The van der Waals surface area contributed by atoms with E-state index in [0.29, 0.717) is 13.2 Å². The minimum atomic E-state index is 0.0807. The Balaban J connectivity index is 2.25. The molecule has 0 radical (unpaired) electrons. The Morgan fingerprint density at radius 1 is 1.40 bits per heavy atom. The summed E-state index contributed by atoms with van der Waals surface area (Å²) in [5, 5.41) is 0. The molecule has 15 heavy (non-hydrogen) atoms. The van der Waals surface area contributed by atoms with Crippen LogP contribution in [-0.4, -0.2) is 61.6 Å². The van der Waals surface area contributed by atoms with Gasteiger partial charge in [-0.05, 0) is 6.92 Å². The van der Waals surface area contributed by atoms with Gasteiger partial charge in [0.05, 0.1) is 6.54 Å². The SMILES string of the molecule is C#CCN1CCN(C(=O)COCC)CC1. The molecule has 1 heterocycles. The second-order valence-electron chi connectivity index (χ2n) is 3.50. The molecule has 1 fully saturated rings. The molecule has 84 valence electrons. The summed E-state index contributed by atoms with van der Waals surface area (Å²) >= 11 is 0. The summed E-state index contributed by atoms with van der Waals surface area (Å²) in [6, 6.07) is 0. The first-order chi connectivity index (χ1) is 7.27. The molecule has 0 atom stereocenters. The van der Waals surface area contributed by atoms with Crippen LogP contribution in [0.3, 0.4) is 0 Å². The van der Waals surface area contributed by atoms with Gasteiger partial charge in [-0.25, -0.2) is 0 Å². The van der Waals surface area contributed by atoms with Crippen LogP contribution in [0.2, 0.25) is 0 Å². The third-order valence-electron chi connectivity index (χ3n) is 2.47. The van der Waals surface area contributed by atoms with Crippen LogP contribution in [0.4, 0.5) is 0 Å². The zero-order valence-electron chi connectivity index (χ0n) is 9.24. The highest BCUT2D eigenvalue weighted by atomic mass is 16.5. The Hall–Kier alpha value is -1.05. The second kappa shape index (κ2) is 6.44. The molecule has 0 unspecified atom stereocenters. The third kappa shape index (κ3) is 3.90. The first-order valence-electron chi connectivity index (χ1n) is 5.29. The van der Waals surface area contributed by atoms with Crippen molar-refractivity contribution in [1.82, 2.24) is 9.80 Å². The van der Waals surface area contributed by atoms with E-state index in [1.54, 1.807) is 0 Å². The van der Waals surface area contributed by atoms with Gasteiger partial charge < -0.3 is 9.64 Å². The predicted molar refractivity (Wildman–Crippen MR) is 58.3 cm³/mol. The van der Waals surface area contributed by atoms with Gasteiger partial charge >= 0.3 is 0 Å². The summed E-state index contributed by atoms with van der Waals surface area (Å²) in [6.45, 7) is 6.59. The summed E-state index contributed by atoms with van der Waals surface area (Å²) in [6.07, 6.45) is 5.23. The average Bonchev–Trinajstić information content (AvgIpc) is 2.27. The number of hydrogen-bond donors (Lipinski definition) is 0. The second-order valence-corrected chi connectivity index (χ2v) is 3.50. The molecule has 0 saturated carbocycles. The van der Waals surface area contributed by atoms with E-state index in [4.69, 9.17) is 11.2 Å². The van der Waals surface area contributed by atoms with Crippen molar-refractivity contribution in [3.05, 3.63) is 0 Å². The van der Waals surface area contributed by atoms with E-state index in [1.165, 1.54) is 0 Å². The Labute approximate surface area is 91.2 Å². The van der Waals surface area contributed by atoms with Crippen molar-refractivity contribution in [3.63, 3.8) is 0 Å². The van der Waals surface area contributed by atoms with Crippen LogP contribution in [0, 0.1) is 12.3 Å². The number of carbonyl (C=O) groups is 1. The van der Waals surface area contributed by atoms with Crippen molar-refractivity contribution in [3.8, 4) is 12.3 Å². The van der Waals surface area contributed by atoms with E-state index in [1.807, 2.05) is 11.8 Å². The first-order valence-corrected chi connectivity index (χ1v) is 5.29. The molecule has 1 aliphatic rings. The lowest BCUT2D eigenvalue weighted by Crippen LogP contribution is -2.49. The van der Waals surface area contributed by atoms with Gasteiger partial charge in [-0.3, -0.25) is 9.69 Å². The lowest BCUT2D eigenvalue weighted by Gasteiger charge is -2.33. The van der Waals surface area contributed by atoms with Gasteiger partial charge in [0.25, 0.3) is 0 Å².